The predicted molar refractivity (Wildman–Crippen MR) is 65.8 cm³/mol. The van der Waals surface area contributed by atoms with Gasteiger partial charge < -0.3 is 5.21 Å². The van der Waals surface area contributed by atoms with Crippen LogP contribution in [0.1, 0.15) is 34.1 Å². The van der Waals surface area contributed by atoms with Crippen LogP contribution < -0.4 is 0 Å². The van der Waals surface area contributed by atoms with Gasteiger partial charge in [-0.05, 0) is 40.0 Å². The van der Waals surface area contributed by atoms with Gasteiger partial charge in [0.1, 0.15) is 0 Å². The van der Waals surface area contributed by atoms with Crippen LogP contribution in [-0.2, 0) is 9.59 Å². The Kier molecular flexibility index (Phi) is 2.87. The molecule has 0 radical (unpaired) electrons. The maximum absolute atomic E-state index is 11.6. The van der Waals surface area contributed by atoms with Gasteiger partial charge >= 0.3 is 0 Å². The van der Waals surface area contributed by atoms with E-state index in [4.69, 9.17) is 0 Å². The number of carbonyl (C=O) groups is 2. The van der Waals surface area contributed by atoms with Crippen LogP contribution in [0.5, 0.6) is 0 Å². The van der Waals surface area contributed by atoms with E-state index in [1.807, 2.05) is 27.7 Å². The molecule has 0 aromatic rings. The fourth-order valence-electron chi connectivity index (χ4n) is 3.01. The normalized spacial score (nSPS) is 30.5. The first kappa shape index (κ1) is 13.2. The lowest BCUT2D eigenvalue weighted by molar-refractivity contribution is -0.197. The molecule has 2 aliphatic heterocycles. The van der Waals surface area contributed by atoms with Crippen molar-refractivity contribution in [2.24, 2.45) is 5.92 Å². The van der Waals surface area contributed by atoms with Gasteiger partial charge in [0.15, 0.2) is 0 Å². The summed E-state index contributed by atoms with van der Waals surface area (Å²) >= 11 is 0. The van der Waals surface area contributed by atoms with E-state index in [1.54, 1.807) is 0 Å². The summed E-state index contributed by atoms with van der Waals surface area (Å²) in [5.41, 5.74) is -0.792. The zero-order valence-corrected chi connectivity index (χ0v) is 11.3. The van der Waals surface area contributed by atoms with Gasteiger partial charge in [-0.15, -0.1) is 0 Å². The van der Waals surface area contributed by atoms with Gasteiger partial charge in [0, 0.05) is 29.8 Å². The summed E-state index contributed by atoms with van der Waals surface area (Å²) in [5, 5.41) is 11.5. The molecule has 2 amide bonds. The van der Waals surface area contributed by atoms with Crippen molar-refractivity contribution in [3.05, 3.63) is 12.2 Å². The first-order valence-corrected chi connectivity index (χ1v) is 6.19. The fourth-order valence-corrected chi connectivity index (χ4v) is 3.01. The Morgan fingerprint density at radius 3 is 2.11 bits per heavy atom. The Balaban J connectivity index is 2.16. The molecule has 0 bridgehead atoms. The van der Waals surface area contributed by atoms with Crippen LogP contribution in [-0.4, -0.2) is 44.6 Å². The molecule has 0 saturated carbocycles. The van der Waals surface area contributed by atoms with Crippen molar-refractivity contribution in [1.29, 1.82) is 0 Å². The van der Waals surface area contributed by atoms with Crippen molar-refractivity contribution in [2.45, 2.75) is 45.2 Å². The first-order chi connectivity index (χ1) is 8.16. The largest absolute Gasteiger partial charge is 0.313 e. The highest BCUT2D eigenvalue weighted by Gasteiger charge is 2.52. The second-order valence-electron chi connectivity index (χ2n) is 6.30. The lowest BCUT2D eigenvalue weighted by Crippen LogP contribution is -2.49. The van der Waals surface area contributed by atoms with Crippen LogP contribution in [0, 0.1) is 5.92 Å². The Morgan fingerprint density at radius 1 is 1.22 bits per heavy atom. The molecular weight excluding hydrogens is 232 g/mol. The maximum Gasteiger partial charge on any atom is 0.253 e. The second kappa shape index (κ2) is 3.90. The van der Waals surface area contributed by atoms with Crippen LogP contribution in [0.3, 0.4) is 0 Å². The zero-order chi connectivity index (χ0) is 13.7. The monoisotopic (exact) mass is 252 g/mol. The van der Waals surface area contributed by atoms with Crippen molar-refractivity contribution in [3.63, 3.8) is 0 Å². The summed E-state index contributed by atoms with van der Waals surface area (Å²) in [4.78, 5) is 24.4. The molecule has 5 heteroatoms. The molecule has 0 aliphatic carbocycles. The van der Waals surface area contributed by atoms with E-state index in [9.17, 15) is 14.8 Å². The minimum atomic E-state index is -0.452. The summed E-state index contributed by atoms with van der Waals surface area (Å²) in [6, 6.07) is 0. The second-order valence-corrected chi connectivity index (χ2v) is 6.30. The molecule has 1 saturated heterocycles. The number of hydrogen-bond acceptors (Lipinski definition) is 4. The van der Waals surface area contributed by atoms with Crippen molar-refractivity contribution < 1.29 is 14.8 Å². The van der Waals surface area contributed by atoms with E-state index in [0.717, 1.165) is 6.42 Å². The van der Waals surface area contributed by atoms with Crippen molar-refractivity contribution in [1.82, 2.24) is 9.96 Å². The average molecular weight is 252 g/mol. The fraction of sp³-hybridized carbons (Fsp3) is 0.692. The van der Waals surface area contributed by atoms with Crippen molar-refractivity contribution in [3.8, 4) is 0 Å². The molecule has 2 heterocycles. The number of nitrogens with zero attached hydrogens (tertiary/aromatic N) is 2. The standard InChI is InChI=1S/C13H20N2O3/c1-12(2)7-9(13(3,4)15(12)18)8-14-10(16)5-6-11(14)17/h5-6,9,18H,7-8H2,1-4H3/t9-/m0/s1. The summed E-state index contributed by atoms with van der Waals surface area (Å²) in [6.45, 7) is 8.15. The topological polar surface area (TPSA) is 60.9 Å². The molecule has 100 valence electrons. The molecule has 0 spiro atoms. The van der Waals surface area contributed by atoms with Crippen molar-refractivity contribution >= 4 is 11.8 Å². The highest BCUT2D eigenvalue weighted by Crippen LogP contribution is 2.43. The number of imide groups is 1. The first-order valence-electron chi connectivity index (χ1n) is 6.19. The van der Waals surface area contributed by atoms with Crippen LogP contribution in [0.4, 0.5) is 0 Å². The average Bonchev–Trinajstić information content (AvgIpc) is 2.64. The Morgan fingerprint density at radius 2 is 1.72 bits per heavy atom. The van der Waals surface area contributed by atoms with Gasteiger partial charge in [-0.25, -0.2) is 0 Å². The van der Waals surface area contributed by atoms with E-state index in [2.05, 4.69) is 0 Å². The van der Waals surface area contributed by atoms with Gasteiger partial charge in [0.05, 0.1) is 0 Å². The van der Waals surface area contributed by atoms with E-state index in [-0.39, 0.29) is 23.3 Å². The third-order valence-corrected chi connectivity index (χ3v) is 4.17. The number of amides is 2. The summed E-state index contributed by atoms with van der Waals surface area (Å²) in [6.07, 6.45) is 3.34. The Bertz CT molecular complexity index is 408. The predicted octanol–water partition coefficient (Wildman–Crippen LogP) is 1.18. The van der Waals surface area contributed by atoms with Crippen LogP contribution in [0.2, 0.25) is 0 Å². The third kappa shape index (κ3) is 1.87. The number of carbonyl (C=O) groups excluding carboxylic acids is 2. The van der Waals surface area contributed by atoms with E-state index < -0.39 is 5.54 Å². The summed E-state index contributed by atoms with van der Waals surface area (Å²) in [5.74, 6) is -0.458. The molecule has 1 fully saturated rings. The number of hydrogen-bond donors (Lipinski definition) is 1. The van der Waals surface area contributed by atoms with E-state index in [0.29, 0.717) is 6.54 Å². The molecule has 1 N–H and O–H groups in total. The quantitative estimate of drug-likeness (QED) is 0.750. The molecule has 18 heavy (non-hydrogen) atoms. The van der Waals surface area contributed by atoms with Crippen LogP contribution >= 0.6 is 0 Å². The summed E-state index contributed by atoms with van der Waals surface area (Å²) < 4.78 is 0. The van der Waals surface area contributed by atoms with Gasteiger partial charge in [0.25, 0.3) is 11.8 Å². The van der Waals surface area contributed by atoms with Gasteiger partial charge in [-0.2, -0.15) is 5.06 Å². The van der Waals surface area contributed by atoms with E-state index >= 15 is 0 Å². The molecule has 5 nitrogen and oxygen atoms in total. The lowest BCUT2D eigenvalue weighted by atomic mass is 9.86. The molecule has 2 aliphatic rings. The molecule has 2 rings (SSSR count). The van der Waals surface area contributed by atoms with Gasteiger partial charge in [0.2, 0.25) is 0 Å². The van der Waals surface area contributed by atoms with Crippen LogP contribution in [0.25, 0.3) is 0 Å². The molecular formula is C13H20N2O3. The third-order valence-electron chi connectivity index (χ3n) is 4.17. The minimum Gasteiger partial charge on any atom is -0.313 e. The lowest BCUT2D eigenvalue weighted by Gasteiger charge is -2.36. The number of rotatable bonds is 2. The smallest absolute Gasteiger partial charge is 0.253 e. The Labute approximate surface area is 107 Å². The minimum absolute atomic E-state index is 0.0605. The van der Waals surface area contributed by atoms with Gasteiger partial charge in [-0.1, -0.05) is 0 Å². The molecule has 0 aromatic carbocycles. The highest BCUT2D eigenvalue weighted by atomic mass is 16.5. The van der Waals surface area contributed by atoms with Gasteiger partial charge in [-0.3, -0.25) is 14.5 Å². The zero-order valence-electron chi connectivity index (χ0n) is 11.3. The molecule has 0 aromatic heterocycles. The Hall–Kier alpha value is -1.20. The molecule has 0 unspecified atom stereocenters. The summed E-state index contributed by atoms with van der Waals surface area (Å²) in [7, 11) is 0. The van der Waals surface area contributed by atoms with E-state index in [1.165, 1.54) is 22.1 Å². The highest BCUT2D eigenvalue weighted by molar-refractivity contribution is 6.12. The number of hydroxylamine groups is 2. The molecule has 1 atom stereocenters. The van der Waals surface area contributed by atoms with Crippen LogP contribution in [0.15, 0.2) is 12.2 Å². The van der Waals surface area contributed by atoms with Crippen molar-refractivity contribution in [2.75, 3.05) is 6.54 Å². The maximum atomic E-state index is 11.6. The SMILES string of the molecule is CC1(C)C[C@@H](CN2C(=O)C=CC2=O)C(C)(C)N1O.